The Hall–Kier alpha value is -0.730. The third kappa shape index (κ3) is 3.25. The van der Waals surface area contributed by atoms with Gasteiger partial charge in [0.25, 0.3) is 0 Å². The number of rotatable bonds is 0. The van der Waals surface area contributed by atoms with Crippen LogP contribution in [-0.2, 0) is 17.7 Å². The first-order valence-electron chi connectivity index (χ1n) is 7.19. The van der Waals surface area contributed by atoms with Crippen molar-refractivity contribution >= 4 is 57.5 Å². The maximum Gasteiger partial charge on any atom is 0.410 e. The number of hydrogen-bond acceptors (Lipinski definition) is 3. The zero-order chi connectivity index (χ0) is 16.9. The minimum Gasteiger partial charge on any atom is -0.444 e. The van der Waals surface area contributed by atoms with E-state index < -0.39 is 5.60 Å². The molecule has 1 aliphatic heterocycles. The molecule has 0 saturated heterocycles. The van der Waals surface area contributed by atoms with Gasteiger partial charge in [-0.3, -0.25) is 4.40 Å². The number of imidazole rings is 1. The lowest BCUT2D eigenvalue weighted by atomic mass is 10.1. The number of pyridine rings is 1. The number of ether oxygens (including phenoxy) is 1. The zero-order valence-corrected chi connectivity index (χ0v) is 16.7. The van der Waals surface area contributed by atoms with E-state index >= 15 is 0 Å². The lowest BCUT2D eigenvalue weighted by molar-refractivity contribution is 0.0220. The Kier molecular flexibility index (Phi) is 4.44. The molecule has 5 nitrogen and oxygen atoms in total. The third-order valence-electron chi connectivity index (χ3n) is 3.53. The number of amides is 1. The standard InChI is InChI=1S/C15H16Cl2IN3O2/c1-15(2,3)23-14(22)20-5-4-9-10(7-20)21-11(18)6-8(16)12(17)13(21)19-9/h6H,4-5,7H2,1-3H3. The molecule has 0 radical (unpaired) electrons. The van der Waals surface area contributed by atoms with Gasteiger partial charge in [-0.1, -0.05) is 23.2 Å². The SMILES string of the molecule is CC(C)(C)OC(=O)N1CCc2nc3c(Cl)c(Cl)cc(I)n3c2C1. The van der Waals surface area contributed by atoms with Crippen molar-refractivity contribution in [3.05, 3.63) is 31.2 Å². The van der Waals surface area contributed by atoms with E-state index in [0.29, 0.717) is 35.2 Å². The van der Waals surface area contributed by atoms with Crippen molar-refractivity contribution in [1.82, 2.24) is 14.3 Å². The largest absolute Gasteiger partial charge is 0.444 e. The molecule has 8 heteroatoms. The predicted octanol–water partition coefficient (Wildman–Crippen LogP) is 4.54. The molecule has 0 aromatic carbocycles. The lowest BCUT2D eigenvalue weighted by Crippen LogP contribution is -2.40. The Morgan fingerprint density at radius 1 is 1.39 bits per heavy atom. The zero-order valence-electron chi connectivity index (χ0n) is 13.0. The highest BCUT2D eigenvalue weighted by molar-refractivity contribution is 14.1. The predicted molar refractivity (Wildman–Crippen MR) is 98.3 cm³/mol. The van der Waals surface area contributed by atoms with Gasteiger partial charge in [-0.15, -0.1) is 0 Å². The minimum atomic E-state index is -0.512. The van der Waals surface area contributed by atoms with Crippen LogP contribution in [0.2, 0.25) is 10.0 Å². The molecule has 2 aromatic heterocycles. The molecule has 0 atom stereocenters. The fourth-order valence-corrected chi connectivity index (χ4v) is 3.95. The van der Waals surface area contributed by atoms with Crippen LogP contribution in [0.25, 0.3) is 5.65 Å². The van der Waals surface area contributed by atoms with Crippen LogP contribution in [0.5, 0.6) is 0 Å². The Balaban J connectivity index is 1.99. The molecule has 23 heavy (non-hydrogen) atoms. The molecule has 0 unspecified atom stereocenters. The summed E-state index contributed by atoms with van der Waals surface area (Å²) in [4.78, 5) is 18.6. The van der Waals surface area contributed by atoms with Crippen LogP contribution in [0.4, 0.5) is 4.79 Å². The van der Waals surface area contributed by atoms with Gasteiger partial charge in [-0.05, 0) is 49.4 Å². The molecular weight excluding hydrogens is 452 g/mol. The smallest absolute Gasteiger partial charge is 0.410 e. The molecule has 1 aliphatic rings. The second-order valence-corrected chi connectivity index (χ2v) is 8.34. The summed E-state index contributed by atoms with van der Waals surface area (Å²) in [5, 5.41) is 0.917. The Morgan fingerprint density at radius 2 is 2.09 bits per heavy atom. The van der Waals surface area contributed by atoms with Crippen molar-refractivity contribution in [1.29, 1.82) is 0 Å². The molecule has 124 valence electrons. The average Bonchev–Trinajstić information content (AvgIpc) is 2.82. The monoisotopic (exact) mass is 467 g/mol. The number of hydrogen-bond donors (Lipinski definition) is 0. The lowest BCUT2D eigenvalue weighted by Gasteiger charge is -2.29. The molecule has 0 spiro atoms. The Morgan fingerprint density at radius 3 is 2.74 bits per heavy atom. The quantitative estimate of drug-likeness (QED) is 0.422. The summed E-state index contributed by atoms with van der Waals surface area (Å²) in [7, 11) is 0. The first kappa shape index (κ1) is 17.1. The molecule has 1 amide bonds. The summed E-state index contributed by atoms with van der Waals surface area (Å²) >= 11 is 14.6. The van der Waals surface area contributed by atoms with E-state index in [1.165, 1.54) is 0 Å². The summed E-state index contributed by atoms with van der Waals surface area (Å²) in [5.74, 6) is 0. The summed E-state index contributed by atoms with van der Waals surface area (Å²) in [6.07, 6.45) is 0.355. The van der Waals surface area contributed by atoms with Gasteiger partial charge < -0.3 is 9.64 Å². The van der Waals surface area contributed by atoms with Gasteiger partial charge in [0.1, 0.15) is 10.6 Å². The van der Waals surface area contributed by atoms with Crippen LogP contribution in [0.1, 0.15) is 32.2 Å². The number of carbonyl (C=O) groups is 1. The highest BCUT2D eigenvalue weighted by Gasteiger charge is 2.29. The Bertz CT molecular complexity index is 798. The number of aromatic nitrogens is 2. The van der Waals surface area contributed by atoms with E-state index in [2.05, 4.69) is 27.6 Å². The number of nitrogens with zero attached hydrogens (tertiary/aromatic N) is 3. The van der Waals surface area contributed by atoms with E-state index in [4.69, 9.17) is 27.9 Å². The molecule has 3 heterocycles. The van der Waals surface area contributed by atoms with Crippen LogP contribution in [0.15, 0.2) is 6.07 Å². The molecule has 3 rings (SSSR count). The van der Waals surface area contributed by atoms with Crippen molar-refractivity contribution in [2.75, 3.05) is 6.54 Å². The van der Waals surface area contributed by atoms with Crippen molar-refractivity contribution in [3.63, 3.8) is 0 Å². The maximum absolute atomic E-state index is 12.3. The van der Waals surface area contributed by atoms with Gasteiger partial charge in [0.05, 0.1) is 26.7 Å². The first-order chi connectivity index (χ1) is 10.7. The molecule has 2 aromatic rings. The molecule has 0 N–H and O–H groups in total. The van der Waals surface area contributed by atoms with E-state index in [-0.39, 0.29) is 6.09 Å². The summed E-state index contributed by atoms with van der Waals surface area (Å²) in [6, 6.07) is 1.80. The fraction of sp³-hybridized carbons (Fsp3) is 0.467. The average molecular weight is 468 g/mol. The summed E-state index contributed by atoms with van der Waals surface area (Å²) < 4.78 is 8.33. The Labute approximate surface area is 158 Å². The molecule has 0 fully saturated rings. The number of carbonyl (C=O) groups excluding carboxylic acids is 1. The maximum atomic E-state index is 12.3. The van der Waals surface area contributed by atoms with Crippen molar-refractivity contribution in [3.8, 4) is 0 Å². The molecule has 0 aliphatic carbocycles. The van der Waals surface area contributed by atoms with E-state index in [1.807, 2.05) is 25.2 Å². The fourth-order valence-electron chi connectivity index (χ4n) is 2.56. The topological polar surface area (TPSA) is 46.8 Å². The number of halogens is 3. The van der Waals surface area contributed by atoms with Crippen LogP contribution in [-0.4, -0.2) is 32.5 Å². The minimum absolute atomic E-state index is 0.312. The van der Waals surface area contributed by atoms with Crippen LogP contribution >= 0.6 is 45.8 Å². The van der Waals surface area contributed by atoms with Gasteiger partial charge in [-0.25, -0.2) is 9.78 Å². The van der Waals surface area contributed by atoms with Gasteiger partial charge >= 0.3 is 6.09 Å². The summed E-state index contributed by atoms with van der Waals surface area (Å²) in [5.41, 5.74) is 2.04. The van der Waals surface area contributed by atoms with Crippen LogP contribution in [0, 0.1) is 3.70 Å². The number of fused-ring (bicyclic) bond motifs is 3. The molecule has 0 bridgehead atoms. The van der Waals surface area contributed by atoms with Crippen LogP contribution in [0.3, 0.4) is 0 Å². The van der Waals surface area contributed by atoms with Crippen LogP contribution < -0.4 is 0 Å². The van der Waals surface area contributed by atoms with Gasteiger partial charge in [0, 0.05) is 13.0 Å². The second-order valence-electron chi connectivity index (χ2n) is 6.45. The normalized spacial score (nSPS) is 15.0. The van der Waals surface area contributed by atoms with Crippen molar-refractivity contribution < 1.29 is 9.53 Å². The molecular formula is C15H16Cl2IN3O2. The van der Waals surface area contributed by atoms with Crippen molar-refractivity contribution in [2.24, 2.45) is 0 Å². The van der Waals surface area contributed by atoms with Gasteiger partial charge in [0.2, 0.25) is 0 Å². The van der Waals surface area contributed by atoms with E-state index in [1.54, 1.807) is 11.0 Å². The summed E-state index contributed by atoms with van der Waals surface area (Å²) in [6.45, 7) is 6.60. The second kappa shape index (κ2) is 5.97. The third-order valence-corrected chi connectivity index (χ3v) is 5.09. The first-order valence-corrected chi connectivity index (χ1v) is 9.02. The molecule has 0 saturated carbocycles. The van der Waals surface area contributed by atoms with E-state index in [9.17, 15) is 4.79 Å². The highest BCUT2D eigenvalue weighted by atomic mass is 127. The van der Waals surface area contributed by atoms with Gasteiger partial charge in [0.15, 0.2) is 5.65 Å². The van der Waals surface area contributed by atoms with Crippen molar-refractivity contribution in [2.45, 2.75) is 39.3 Å². The van der Waals surface area contributed by atoms with E-state index in [0.717, 1.165) is 15.1 Å². The van der Waals surface area contributed by atoms with Gasteiger partial charge in [-0.2, -0.15) is 0 Å². The highest BCUT2D eigenvalue weighted by Crippen LogP contribution is 2.32.